The van der Waals surface area contributed by atoms with Crippen LogP contribution in [0.4, 0.5) is 11.5 Å². The quantitative estimate of drug-likeness (QED) is 0.624. The zero-order valence-corrected chi connectivity index (χ0v) is 13.0. The summed E-state index contributed by atoms with van der Waals surface area (Å²) < 4.78 is 0.809. The van der Waals surface area contributed by atoms with Crippen molar-refractivity contribution in [3.8, 4) is 11.5 Å². The largest absolute Gasteiger partial charge is 0.427 e. The minimum Gasteiger partial charge on any atom is -0.427 e. The van der Waals surface area contributed by atoms with Crippen LogP contribution in [0.2, 0.25) is 5.02 Å². The first-order valence-corrected chi connectivity index (χ1v) is 7.08. The Kier molecular flexibility index (Phi) is 3.75. The number of nitrogens with zero attached hydrogens (tertiary/aromatic N) is 5. The molecule has 9 heteroatoms. The number of aromatic nitrogens is 4. The molecule has 0 fully saturated rings. The number of benzene rings is 1. The monoisotopic (exact) mass is 331 g/mol. The Morgan fingerprint density at radius 1 is 1.26 bits per heavy atom. The van der Waals surface area contributed by atoms with Crippen LogP contribution in [0.15, 0.2) is 30.5 Å². The summed E-state index contributed by atoms with van der Waals surface area (Å²) in [5, 5.41) is 18.1. The lowest BCUT2D eigenvalue weighted by Gasteiger charge is -2.20. The summed E-state index contributed by atoms with van der Waals surface area (Å²) in [6.45, 7) is 0.431. The standard InChI is InChI=1S/C14H14ClN7O/c1-21(10-4-2-8(15)3-5-10)6-9-7-22(23)13-11(18-9)12(16)19-14(17)20-13/h2-5,7,23H,6H2,1H3,(H3,16,17,19). The Balaban J connectivity index is 1.96. The van der Waals surface area contributed by atoms with Crippen molar-refractivity contribution in [3.05, 3.63) is 46.8 Å². The molecule has 0 spiro atoms. The van der Waals surface area contributed by atoms with Crippen LogP contribution in [-0.2, 0) is 6.54 Å². The van der Waals surface area contributed by atoms with Gasteiger partial charge in [0.15, 0.2) is 11.5 Å². The fourth-order valence-electron chi connectivity index (χ4n) is 2.21. The first-order chi connectivity index (χ1) is 10.9. The predicted molar refractivity (Wildman–Crippen MR) is 85.4 cm³/mol. The summed E-state index contributed by atoms with van der Waals surface area (Å²) >= 11 is 5.88. The molecule has 23 heavy (non-hydrogen) atoms. The van der Waals surface area contributed by atoms with Crippen LogP contribution >= 0.6 is 11.6 Å². The molecule has 1 aromatic carbocycles. The number of halogens is 1. The molecule has 2 heterocycles. The third-order valence-corrected chi connectivity index (χ3v) is 3.55. The lowest BCUT2D eigenvalue weighted by Crippen LogP contribution is -2.23. The highest BCUT2D eigenvalue weighted by molar-refractivity contribution is 6.30. The van der Waals surface area contributed by atoms with E-state index in [0.29, 0.717) is 17.3 Å². The Morgan fingerprint density at radius 2 is 1.96 bits per heavy atom. The van der Waals surface area contributed by atoms with Crippen LogP contribution in [0.1, 0.15) is 5.69 Å². The summed E-state index contributed by atoms with van der Waals surface area (Å²) in [4.78, 5) is 13.9. The van der Waals surface area contributed by atoms with Crippen molar-refractivity contribution >= 4 is 23.1 Å². The number of fused-ring (bicyclic) bond motifs is 1. The maximum atomic E-state index is 10.0. The Morgan fingerprint density at radius 3 is 2.65 bits per heavy atom. The molecule has 0 unspecified atom stereocenters. The lowest BCUT2D eigenvalue weighted by molar-refractivity contribution is 0.184. The molecule has 0 radical (unpaired) electrons. The van der Waals surface area contributed by atoms with Crippen molar-refractivity contribution in [2.24, 2.45) is 0 Å². The molecule has 0 aromatic heterocycles. The molecule has 0 saturated heterocycles. The number of nitrogens with two attached hydrogens (primary N) is 1. The number of nitrogens with one attached hydrogen (secondary N) is 1. The van der Waals surface area contributed by atoms with E-state index in [1.165, 1.54) is 6.20 Å². The van der Waals surface area contributed by atoms with Crippen molar-refractivity contribution in [2.75, 3.05) is 17.7 Å². The summed E-state index contributed by atoms with van der Waals surface area (Å²) in [6, 6.07) is 7.38. The Hall–Kier alpha value is -2.87. The van der Waals surface area contributed by atoms with Crippen LogP contribution in [0, 0.1) is 5.41 Å². The summed E-state index contributed by atoms with van der Waals surface area (Å²) in [6.07, 6.45) is 1.43. The maximum absolute atomic E-state index is 10.0. The molecule has 0 amide bonds. The molecule has 4 N–H and O–H groups in total. The van der Waals surface area contributed by atoms with Gasteiger partial charge in [0.2, 0.25) is 11.4 Å². The van der Waals surface area contributed by atoms with Gasteiger partial charge in [-0.05, 0) is 24.3 Å². The van der Waals surface area contributed by atoms with E-state index in [1.54, 1.807) is 12.1 Å². The van der Waals surface area contributed by atoms with E-state index in [0.717, 1.165) is 10.4 Å². The molecule has 0 aliphatic carbocycles. The molecule has 0 bridgehead atoms. The average molecular weight is 332 g/mol. The van der Waals surface area contributed by atoms with Crippen molar-refractivity contribution in [3.63, 3.8) is 0 Å². The highest BCUT2D eigenvalue weighted by atomic mass is 35.5. The van der Waals surface area contributed by atoms with Gasteiger partial charge in [0, 0.05) is 17.8 Å². The number of anilines is 2. The second-order valence-corrected chi connectivity index (χ2v) is 5.45. The highest BCUT2D eigenvalue weighted by Crippen LogP contribution is 2.22. The van der Waals surface area contributed by atoms with Gasteiger partial charge in [-0.1, -0.05) is 11.6 Å². The van der Waals surface area contributed by atoms with E-state index in [2.05, 4.69) is 15.0 Å². The van der Waals surface area contributed by atoms with Gasteiger partial charge in [0.25, 0.3) is 0 Å². The van der Waals surface area contributed by atoms with E-state index in [-0.39, 0.29) is 23.0 Å². The maximum Gasteiger partial charge on any atom is 0.246 e. The number of rotatable bonds is 3. The fraction of sp³-hybridized carbons (Fsp3) is 0.143. The van der Waals surface area contributed by atoms with Crippen LogP contribution in [0.25, 0.3) is 11.5 Å². The molecule has 0 saturated carbocycles. The van der Waals surface area contributed by atoms with Gasteiger partial charge in [-0.25, -0.2) is 4.98 Å². The van der Waals surface area contributed by atoms with Crippen molar-refractivity contribution in [2.45, 2.75) is 6.54 Å². The summed E-state index contributed by atoms with van der Waals surface area (Å²) in [5.74, 6) is 0.152. The number of nitrogen functional groups attached to an aromatic ring is 1. The highest BCUT2D eigenvalue weighted by Gasteiger charge is 2.17. The Labute approximate surface area is 136 Å². The SMILES string of the molecule is CN(Cc1cn(O)c2nc(=N)nc(N)c-2n1)c1ccc(Cl)cc1. The number of hydrogen-bond donors (Lipinski definition) is 3. The third-order valence-electron chi connectivity index (χ3n) is 3.30. The van der Waals surface area contributed by atoms with Crippen molar-refractivity contribution in [1.82, 2.24) is 19.7 Å². The molecular weight excluding hydrogens is 318 g/mol. The zero-order chi connectivity index (χ0) is 16.6. The average Bonchev–Trinajstić information content (AvgIpc) is 2.49. The third kappa shape index (κ3) is 3.02. The van der Waals surface area contributed by atoms with Gasteiger partial charge >= 0.3 is 0 Å². The molecule has 8 nitrogen and oxygen atoms in total. The lowest BCUT2D eigenvalue weighted by atomic mass is 10.2. The second-order valence-electron chi connectivity index (χ2n) is 5.01. The van der Waals surface area contributed by atoms with Gasteiger partial charge < -0.3 is 15.8 Å². The van der Waals surface area contributed by atoms with Gasteiger partial charge in [-0.3, -0.25) is 5.41 Å². The minimum atomic E-state index is -0.273. The summed E-state index contributed by atoms with van der Waals surface area (Å²) in [5.41, 5.74) is 7.27. The second kappa shape index (κ2) is 5.73. The van der Waals surface area contributed by atoms with Crippen molar-refractivity contribution < 1.29 is 5.21 Å². The fourth-order valence-corrected chi connectivity index (χ4v) is 2.33. The number of hydrogen-bond acceptors (Lipinski definition) is 7. The van der Waals surface area contributed by atoms with E-state index >= 15 is 0 Å². The van der Waals surface area contributed by atoms with Crippen molar-refractivity contribution in [1.29, 1.82) is 5.41 Å². The topological polar surface area (TPSA) is 117 Å². The van der Waals surface area contributed by atoms with E-state index < -0.39 is 0 Å². The molecule has 1 aromatic rings. The zero-order valence-electron chi connectivity index (χ0n) is 12.2. The predicted octanol–water partition coefficient (Wildman–Crippen LogP) is 1.37. The van der Waals surface area contributed by atoms with Crippen LogP contribution in [-0.4, -0.2) is 31.9 Å². The van der Waals surface area contributed by atoms with Crippen LogP contribution < -0.4 is 16.3 Å². The van der Waals surface area contributed by atoms with E-state index in [4.69, 9.17) is 22.7 Å². The van der Waals surface area contributed by atoms with Crippen LogP contribution in [0.5, 0.6) is 0 Å². The first-order valence-electron chi connectivity index (χ1n) is 6.70. The summed E-state index contributed by atoms with van der Waals surface area (Å²) in [7, 11) is 1.89. The smallest absolute Gasteiger partial charge is 0.246 e. The molecule has 0 atom stereocenters. The molecule has 2 aliphatic rings. The minimum absolute atomic E-state index is 0.0544. The van der Waals surface area contributed by atoms with Gasteiger partial charge in [-0.2, -0.15) is 14.7 Å². The molecule has 3 rings (SSSR count). The first kappa shape index (κ1) is 15.0. The van der Waals surface area contributed by atoms with Crippen LogP contribution in [0.3, 0.4) is 0 Å². The molecular formula is C14H14ClN7O. The normalized spacial score (nSPS) is 10.9. The Bertz CT molecular complexity index is 877. The van der Waals surface area contributed by atoms with Gasteiger partial charge in [0.05, 0.1) is 18.4 Å². The van der Waals surface area contributed by atoms with E-state index in [1.807, 2.05) is 24.1 Å². The molecule has 2 aliphatic heterocycles. The molecule has 118 valence electrons. The van der Waals surface area contributed by atoms with Gasteiger partial charge in [-0.15, -0.1) is 0 Å². The van der Waals surface area contributed by atoms with E-state index in [9.17, 15) is 5.21 Å². The van der Waals surface area contributed by atoms with Gasteiger partial charge in [0.1, 0.15) is 0 Å².